The van der Waals surface area contributed by atoms with Crippen LogP contribution in [0.2, 0.25) is 5.02 Å². The van der Waals surface area contributed by atoms with Gasteiger partial charge in [-0.15, -0.1) is 0 Å². The lowest BCUT2D eigenvalue weighted by Crippen LogP contribution is -2.25. The van der Waals surface area contributed by atoms with Gasteiger partial charge in [0, 0.05) is 25.0 Å². The van der Waals surface area contributed by atoms with Crippen LogP contribution in [-0.2, 0) is 13.2 Å². The van der Waals surface area contributed by atoms with E-state index in [9.17, 15) is 4.79 Å². The number of para-hydroxylation sites is 1. The zero-order valence-corrected chi connectivity index (χ0v) is 16.1. The van der Waals surface area contributed by atoms with E-state index in [1.165, 1.54) is 0 Å². The standard InChI is InChI=1S/C20H22ClN3O3/c1-14-5-3-6-17(21)19(14)26-13-16-7-8-18(27-16)20(25)22-10-4-12-24-15(2)9-11-23-24/h3,5-9,11H,4,10,12-13H2,1-2H3,(H,22,25). The van der Waals surface area contributed by atoms with E-state index in [2.05, 4.69) is 10.4 Å². The number of halogens is 1. The quantitative estimate of drug-likeness (QED) is 0.589. The first-order valence-corrected chi connectivity index (χ1v) is 9.15. The number of nitrogens with zero attached hydrogens (tertiary/aromatic N) is 2. The molecule has 1 aromatic carbocycles. The van der Waals surface area contributed by atoms with E-state index in [4.69, 9.17) is 20.8 Å². The minimum atomic E-state index is -0.243. The molecule has 3 aromatic rings. The Morgan fingerprint density at radius 2 is 2.11 bits per heavy atom. The van der Waals surface area contributed by atoms with Gasteiger partial charge >= 0.3 is 0 Å². The molecule has 0 fully saturated rings. The van der Waals surface area contributed by atoms with Gasteiger partial charge in [0.15, 0.2) is 5.76 Å². The van der Waals surface area contributed by atoms with Gasteiger partial charge in [0.1, 0.15) is 18.1 Å². The number of rotatable bonds is 8. The SMILES string of the molecule is Cc1cccc(Cl)c1OCc1ccc(C(=O)NCCCn2nccc2C)o1. The van der Waals surface area contributed by atoms with Crippen molar-refractivity contribution in [3.05, 3.63) is 70.4 Å². The molecule has 6 nitrogen and oxygen atoms in total. The molecule has 2 aromatic heterocycles. The van der Waals surface area contributed by atoms with Crippen LogP contribution in [0.4, 0.5) is 0 Å². The number of hydrogen-bond donors (Lipinski definition) is 1. The molecule has 0 atom stereocenters. The van der Waals surface area contributed by atoms with Crippen molar-refractivity contribution < 1.29 is 13.9 Å². The van der Waals surface area contributed by atoms with E-state index >= 15 is 0 Å². The number of hydrogen-bond acceptors (Lipinski definition) is 4. The molecule has 1 amide bonds. The summed E-state index contributed by atoms with van der Waals surface area (Å²) in [4.78, 5) is 12.2. The lowest BCUT2D eigenvalue weighted by Gasteiger charge is -2.09. The van der Waals surface area contributed by atoms with Crippen molar-refractivity contribution in [3.8, 4) is 5.75 Å². The number of aryl methyl sites for hydroxylation is 3. The molecule has 2 heterocycles. The Balaban J connectivity index is 1.46. The molecule has 0 saturated heterocycles. The van der Waals surface area contributed by atoms with Crippen molar-refractivity contribution in [1.29, 1.82) is 0 Å². The van der Waals surface area contributed by atoms with Crippen LogP contribution in [0.25, 0.3) is 0 Å². The molecule has 1 N–H and O–H groups in total. The van der Waals surface area contributed by atoms with Gasteiger partial charge in [-0.1, -0.05) is 23.7 Å². The van der Waals surface area contributed by atoms with Crippen LogP contribution in [0, 0.1) is 13.8 Å². The van der Waals surface area contributed by atoms with Crippen LogP contribution in [0.1, 0.15) is 34.0 Å². The summed E-state index contributed by atoms with van der Waals surface area (Å²) in [5.41, 5.74) is 2.05. The van der Waals surface area contributed by atoms with E-state index in [1.807, 2.05) is 36.7 Å². The summed E-state index contributed by atoms with van der Waals surface area (Å²) in [6.07, 6.45) is 2.56. The predicted molar refractivity (Wildman–Crippen MR) is 103 cm³/mol. The predicted octanol–water partition coefficient (Wildman–Crippen LogP) is 4.15. The molecule has 0 radical (unpaired) electrons. The zero-order chi connectivity index (χ0) is 19.2. The maximum atomic E-state index is 12.2. The molecule has 0 aliphatic carbocycles. The summed E-state index contributed by atoms with van der Waals surface area (Å²) < 4.78 is 13.2. The van der Waals surface area contributed by atoms with Crippen molar-refractivity contribution in [1.82, 2.24) is 15.1 Å². The number of carbonyl (C=O) groups excluding carboxylic acids is 1. The van der Waals surface area contributed by atoms with Gasteiger partial charge in [-0.05, 0) is 50.1 Å². The summed E-state index contributed by atoms with van der Waals surface area (Å²) in [5.74, 6) is 1.20. The second-order valence-electron chi connectivity index (χ2n) is 6.25. The van der Waals surface area contributed by atoms with Gasteiger partial charge in [-0.2, -0.15) is 5.10 Å². The van der Waals surface area contributed by atoms with E-state index in [1.54, 1.807) is 24.4 Å². The normalized spacial score (nSPS) is 10.8. The van der Waals surface area contributed by atoms with Crippen molar-refractivity contribution in [3.63, 3.8) is 0 Å². The monoisotopic (exact) mass is 387 g/mol. The Kier molecular flexibility index (Phi) is 6.19. The Morgan fingerprint density at radius 3 is 2.85 bits per heavy atom. The minimum Gasteiger partial charge on any atom is -0.484 e. The molecular weight excluding hydrogens is 366 g/mol. The van der Waals surface area contributed by atoms with Crippen LogP contribution < -0.4 is 10.1 Å². The molecule has 3 rings (SSSR count). The molecule has 27 heavy (non-hydrogen) atoms. The van der Waals surface area contributed by atoms with Crippen LogP contribution in [0.3, 0.4) is 0 Å². The van der Waals surface area contributed by atoms with Crippen LogP contribution >= 0.6 is 11.6 Å². The summed E-state index contributed by atoms with van der Waals surface area (Å²) in [6, 6.07) is 10.9. The second kappa shape index (κ2) is 8.77. The van der Waals surface area contributed by atoms with Crippen molar-refractivity contribution in [2.24, 2.45) is 0 Å². The fraction of sp³-hybridized carbons (Fsp3) is 0.300. The van der Waals surface area contributed by atoms with Gasteiger partial charge in [0.05, 0.1) is 5.02 Å². The number of carbonyl (C=O) groups is 1. The number of benzene rings is 1. The zero-order valence-electron chi connectivity index (χ0n) is 15.4. The van der Waals surface area contributed by atoms with Crippen LogP contribution in [0.15, 0.2) is 47.0 Å². The smallest absolute Gasteiger partial charge is 0.286 e. The topological polar surface area (TPSA) is 69.3 Å². The molecule has 0 spiro atoms. The maximum absolute atomic E-state index is 12.2. The first kappa shape index (κ1) is 19.0. The average Bonchev–Trinajstić information content (AvgIpc) is 3.27. The first-order valence-electron chi connectivity index (χ1n) is 8.78. The minimum absolute atomic E-state index is 0.205. The maximum Gasteiger partial charge on any atom is 0.286 e. The number of amides is 1. The Bertz CT molecular complexity index is 897. The molecule has 142 valence electrons. The third kappa shape index (κ3) is 4.92. The van der Waals surface area contributed by atoms with Crippen molar-refractivity contribution in [2.75, 3.05) is 6.54 Å². The number of aromatic nitrogens is 2. The molecule has 0 aliphatic rings. The lowest BCUT2D eigenvalue weighted by atomic mass is 10.2. The van der Waals surface area contributed by atoms with Gasteiger partial charge in [0.25, 0.3) is 5.91 Å². The van der Waals surface area contributed by atoms with E-state index in [0.29, 0.717) is 23.1 Å². The van der Waals surface area contributed by atoms with Gasteiger partial charge in [-0.3, -0.25) is 9.48 Å². The highest BCUT2D eigenvalue weighted by Gasteiger charge is 2.12. The largest absolute Gasteiger partial charge is 0.484 e. The molecular formula is C20H22ClN3O3. The lowest BCUT2D eigenvalue weighted by molar-refractivity contribution is 0.0920. The second-order valence-corrected chi connectivity index (χ2v) is 6.65. The van der Waals surface area contributed by atoms with E-state index in [0.717, 1.165) is 24.2 Å². The molecule has 0 aliphatic heterocycles. The summed E-state index contributed by atoms with van der Waals surface area (Å²) in [6.45, 7) is 5.43. The van der Waals surface area contributed by atoms with E-state index in [-0.39, 0.29) is 18.3 Å². The summed E-state index contributed by atoms with van der Waals surface area (Å²) in [5, 5.41) is 7.61. The van der Waals surface area contributed by atoms with Crippen LogP contribution in [-0.4, -0.2) is 22.2 Å². The highest BCUT2D eigenvalue weighted by molar-refractivity contribution is 6.32. The molecule has 0 saturated carbocycles. The van der Waals surface area contributed by atoms with Crippen molar-refractivity contribution >= 4 is 17.5 Å². The Morgan fingerprint density at radius 1 is 1.26 bits per heavy atom. The van der Waals surface area contributed by atoms with Gasteiger partial charge < -0.3 is 14.5 Å². The average molecular weight is 388 g/mol. The highest BCUT2D eigenvalue weighted by Crippen LogP contribution is 2.28. The van der Waals surface area contributed by atoms with Gasteiger partial charge in [0.2, 0.25) is 0 Å². The molecule has 7 heteroatoms. The third-order valence-electron chi connectivity index (χ3n) is 4.17. The third-order valence-corrected chi connectivity index (χ3v) is 4.47. The number of ether oxygens (including phenoxy) is 1. The fourth-order valence-corrected chi connectivity index (χ4v) is 2.95. The van der Waals surface area contributed by atoms with Crippen LogP contribution in [0.5, 0.6) is 5.75 Å². The van der Waals surface area contributed by atoms with Gasteiger partial charge in [-0.25, -0.2) is 0 Å². The Hall–Kier alpha value is -2.73. The Labute approximate surface area is 163 Å². The molecule has 0 bridgehead atoms. The first-order chi connectivity index (χ1) is 13.0. The highest BCUT2D eigenvalue weighted by atomic mass is 35.5. The number of nitrogens with one attached hydrogen (secondary N) is 1. The van der Waals surface area contributed by atoms with E-state index < -0.39 is 0 Å². The summed E-state index contributed by atoms with van der Waals surface area (Å²) in [7, 11) is 0. The van der Waals surface area contributed by atoms with Crippen molar-refractivity contribution in [2.45, 2.75) is 33.4 Å². The number of furan rings is 1. The molecule has 0 unspecified atom stereocenters. The fourth-order valence-electron chi connectivity index (χ4n) is 2.67. The summed E-state index contributed by atoms with van der Waals surface area (Å²) >= 11 is 6.14.